The van der Waals surface area contributed by atoms with Gasteiger partial charge in [-0.2, -0.15) is 0 Å². The summed E-state index contributed by atoms with van der Waals surface area (Å²) in [7, 11) is 0. The van der Waals surface area contributed by atoms with Gasteiger partial charge in [-0.25, -0.2) is 0 Å². The zero-order valence-electron chi connectivity index (χ0n) is 20.6. The van der Waals surface area contributed by atoms with Crippen LogP contribution in [-0.4, -0.2) is 34.9 Å². The molecule has 0 atom stereocenters. The molecule has 0 aliphatic rings. The van der Waals surface area contributed by atoms with Gasteiger partial charge in [0.15, 0.2) is 5.82 Å². The third kappa shape index (κ3) is 4.77. The van der Waals surface area contributed by atoms with Crippen molar-refractivity contribution in [1.82, 2.24) is 34.9 Å². The molecule has 0 aliphatic carbocycles. The number of aryl methyl sites for hydroxylation is 3. The standard InChI is InChI=1S/C27H26ClN7O/c1-17-9-10-18(15-30-17)26-34-32-24(36-26)12-11-23-31-33-25(35(23)22-8-6-5-7-21(22)28)19-13-14-29-16-20(19)27(2,3)4/h5-10,13-16H,11-12H2,1-4H3. The summed E-state index contributed by atoms with van der Waals surface area (Å²) in [6.07, 6.45) is 6.42. The van der Waals surface area contributed by atoms with E-state index >= 15 is 0 Å². The predicted octanol–water partition coefficient (Wildman–Crippen LogP) is 5.82. The monoisotopic (exact) mass is 499 g/mol. The Kier molecular flexibility index (Phi) is 6.36. The Morgan fingerprint density at radius 2 is 1.75 bits per heavy atom. The van der Waals surface area contributed by atoms with E-state index in [0.717, 1.165) is 33.9 Å². The molecule has 9 heteroatoms. The highest BCUT2D eigenvalue weighted by Gasteiger charge is 2.25. The molecule has 0 unspecified atom stereocenters. The maximum Gasteiger partial charge on any atom is 0.249 e. The van der Waals surface area contributed by atoms with Gasteiger partial charge in [0.1, 0.15) is 5.82 Å². The van der Waals surface area contributed by atoms with Crippen molar-refractivity contribution in [1.29, 1.82) is 0 Å². The third-order valence-corrected chi connectivity index (χ3v) is 6.20. The molecule has 0 amide bonds. The molecule has 1 aromatic carbocycles. The molecule has 0 saturated heterocycles. The van der Waals surface area contributed by atoms with Crippen molar-refractivity contribution in [2.75, 3.05) is 0 Å². The summed E-state index contributed by atoms with van der Waals surface area (Å²) >= 11 is 6.64. The normalized spacial score (nSPS) is 11.7. The largest absolute Gasteiger partial charge is 0.421 e. The maximum atomic E-state index is 6.64. The van der Waals surface area contributed by atoms with E-state index in [0.29, 0.717) is 35.5 Å². The number of pyridine rings is 2. The first-order chi connectivity index (χ1) is 17.3. The van der Waals surface area contributed by atoms with E-state index in [-0.39, 0.29) is 5.41 Å². The van der Waals surface area contributed by atoms with Crippen molar-refractivity contribution in [3.05, 3.63) is 89.1 Å². The SMILES string of the molecule is Cc1ccc(-c2nnc(CCc3nnc(-c4ccncc4C(C)(C)C)n3-c3ccccc3Cl)o2)cn1. The summed E-state index contributed by atoms with van der Waals surface area (Å²) in [6.45, 7) is 8.40. The van der Waals surface area contributed by atoms with Gasteiger partial charge in [-0.15, -0.1) is 20.4 Å². The summed E-state index contributed by atoms with van der Waals surface area (Å²) in [5.74, 6) is 2.41. The van der Waals surface area contributed by atoms with E-state index in [4.69, 9.17) is 16.0 Å². The minimum atomic E-state index is -0.133. The Morgan fingerprint density at radius 3 is 2.50 bits per heavy atom. The first-order valence-electron chi connectivity index (χ1n) is 11.7. The highest BCUT2D eigenvalue weighted by Crippen LogP contribution is 2.34. The Hall–Kier alpha value is -3.91. The minimum Gasteiger partial charge on any atom is -0.421 e. The summed E-state index contributed by atoms with van der Waals surface area (Å²) in [6, 6.07) is 13.5. The molecule has 8 nitrogen and oxygen atoms in total. The van der Waals surface area contributed by atoms with Crippen LogP contribution in [0.1, 0.15) is 43.7 Å². The average Bonchev–Trinajstić information content (AvgIpc) is 3.50. The molecular weight excluding hydrogens is 474 g/mol. The number of halogens is 1. The van der Waals surface area contributed by atoms with Crippen molar-refractivity contribution >= 4 is 11.6 Å². The first-order valence-corrected chi connectivity index (χ1v) is 12.1. The molecular formula is C27H26ClN7O. The fraction of sp³-hybridized carbons (Fsp3) is 0.259. The van der Waals surface area contributed by atoms with E-state index < -0.39 is 0 Å². The summed E-state index contributed by atoms with van der Waals surface area (Å²) in [5.41, 5.74) is 4.42. The number of aromatic nitrogens is 7. The van der Waals surface area contributed by atoms with Crippen LogP contribution in [0.4, 0.5) is 0 Å². The van der Waals surface area contributed by atoms with Crippen LogP contribution in [0.25, 0.3) is 28.5 Å². The van der Waals surface area contributed by atoms with Gasteiger partial charge < -0.3 is 4.42 Å². The highest BCUT2D eigenvalue weighted by molar-refractivity contribution is 6.32. The molecule has 0 fully saturated rings. The molecule has 0 saturated carbocycles. The minimum absolute atomic E-state index is 0.133. The van der Waals surface area contributed by atoms with Gasteiger partial charge in [-0.05, 0) is 48.2 Å². The number of benzene rings is 1. The van der Waals surface area contributed by atoms with E-state index in [1.165, 1.54) is 0 Å². The molecule has 182 valence electrons. The van der Waals surface area contributed by atoms with Crippen LogP contribution in [0.15, 0.2) is 65.5 Å². The summed E-state index contributed by atoms with van der Waals surface area (Å²) in [4.78, 5) is 8.66. The van der Waals surface area contributed by atoms with Crippen molar-refractivity contribution in [3.8, 4) is 28.5 Å². The summed E-state index contributed by atoms with van der Waals surface area (Å²) < 4.78 is 7.91. The lowest BCUT2D eigenvalue weighted by Crippen LogP contribution is -2.14. The Bertz CT molecular complexity index is 1500. The zero-order valence-corrected chi connectivity index (χ0v) is 21.4. The number of hydrogen-bond donors (Lipinski definition) is 0. The zero-order chi connectivity index (χ0) is 25.3. The van der Waals surface area contributed by atoms with Crippen LogP contribution >= 0.6 is 11.6 Å². The van der Waals surface area contributed by atoms with Crippen LogP contribution < -0.4 is 0 Å². The van der Waals surface area contributed by atoms with Crippen molar-refractivity contribution in [3.63, 3.8) is 0 Å². The van der Waals surface area contributed by atoms with Crippen LogP contribution in [0, 0.1) is 6.92 Å². The third-order valence-electron chi connectivity index (χ3n) is 5.88. The number of nitrogens with zero attached hydrogens (tertiary/aromatic N) is 7. The molecule has 0 N–H and O–H groups in total. The molecule has 0 aliphatic heterocycles. The van der Waals surface area contributed by atoms with E-state index in [2.05, 4.69) is 51.1 Å². The Balaban J connectivity index is 1.51. The molecule has 4 heterocycles. The van der Waals surface area contributed by atoms with E-state index in [9.17, 15) is 0 Å². The highest BCUT2D eigenvalue weighted by atomic mass is 35.5. The lowest BCUT2D eigenvalue weighted by Gasteiger charge is -2.22. The van der Waals surface area contributed by atoms with Gasteiger partial charge in [-0.1, -0.05) is 44.5 Å². The lowest BCUT2D eigenvalue weighted by molar-refractivity contribution is 0.501. The van der Waals surface area contributed by atoms with Crippen molar-refractivity contribution < 1.29 is 4.42 Å². The van der Waals surface area contributed by atoms with Crippen LogP contribution in [-0.2, 0) is 18.3 Å². The quantitative estimate of drug-likeness (QED) is 0.290. The van der Waals surface area contributed by atoms with Crippen molar-refractivity contribution in [2.45, 2.75) is 46.0 Å². The average molecular weight is 500 g/mol. The number of rotatable bonds is 6. The van der Waals surface area contributed by atoms with Gasteiger partial charge in [-0.3, -0.25) is 14.5 Å². The van der Waals surface area contributed by atoms with Crippen LogP contribution in [0.2, 0.25) is 5.02 Å². The topological polar surface area (TPSA) is 95.4 Å². The Morgan fingerprint density at radius 1 is 0.917 bits per heavy atom. The summed E-state index contributed by atoms with van der Waals surface area (Å²) in [5, 5.41) is 18.2. The molecule has 0 bridgehead atoms. The van der Waals surface area contributed by atoms with Gasteiger partial charge in [0, 0.05) is 42.7 Å². The molecule has 36 heavy (non-hydrogen) atoms. The van der Waals surface area contributed by atoms with Crippen LogP contribution in [0.5, 0.6) is 0 Å². The number of hydrogen-bond acceptors (Lipinski definition) is 7. The van der Waals surface area contributed by atoms with Crippen LogP contribution in [0.3, 0.4) is 0 Å². The molecule has 5 rings (SSSR count). The molecule has 0 spiro atoms. The van der Waals surface area contributed by atoms with Crippen molar-refractivity contribution in [2.24, 2.45) is 0 Å². The fourth-order valence-corrected chi connectivity index (χ4v) is 4.23. The van der Waals surface area contributed by atoms with E-state index in [1.807, 2.05) is 60.2 Å². The smallest absolute Gasteiger partial charge is 0.249 e. The number of para-hydroxylation sites is 1. The fourth-order valence-electron chi connectivity index (χ4n) is 4.01. The molecule has 4 aromatic heterocycles. The van der Waals surface area contributed by atoms with E-state index in [1.54, 1.807) is 12.4 Å². The molecule has 5 aromatic rings. The molecule has 0 radical (unpaired) electrons. The van der Waals surface area contributed by atoms with Gasteiger partial charge in [0.25, 0.3) is 0 Å². The first kappa shape index (κ1) is 23.8. The van der Waals surface area contributed by atoms with Gasteiger partial charge >= 0.3 is 0 Å². The second-order valence-electron chi connectivity index (χ2n) is 9.59. The second-order valence-corrected chi connectivity index (χ2v) is 9.99. The lowest BCUT2D eigenvalue weighted by atomic mass is 9.85. The predicted molar refractivity (Wildman–Crippen MR) is 138 cm³/mol. The maximum absolute atomic E-state index is 6.64. The van der Waals surface area contributed by atoms with Gasteiger partial charge in [0.05, 0.1) is 16.3 Å². The Labute approximate surface area is 214 Å². The second kappa shape index (κ2) is 9.62. The van der Waals surface area contributed by atoms with Gasteiger partial charge in [0.2, 0.25) is 11.8 Å².